The minimum absolute atomic E-state index is 0.237. The van der Waals surface area contributed by atoms with E-state index in [9.17, 15) is 9.18 Å². The summed E-state index contributed by atoms with van der Waals surface area (Å²) in [6.07, 6.45) is 0.830. The maximum absolute atomic E-state index is 13.3. The van der Waals surface area contributed by atoms with E-state index in [-0.39, 0.29) is 17.5 Å². The Labute approximate surface area is 120 Å². The van der Waals surface area contributed by atoms with E-state index >= 15 is 0 Å². The molecule has 5 nitrogen and oxygen atoms in total. The molecule has 0 aliphatic rings. The fourth-order valence-corrected chi connectivity index (χ4v) is 2.94. The summed E-state index contributed by atoms with van der Waals surface area (Å²) in [5, 5.41) is 7.00. The van der Waals surface area contributed by atoms with Gasteiger partial charge in [0.05, 0.1) is 0 Å². The van der Waals surface area contributed by atoms with E-state index in [2.05, 4.69) is 10.2 Å². The first-order chi connectivity index (χ1) is 9.52. The van der Waals surface area contributed by atoms with Gasteiger partial charge in [-0.15, -0.1) is 5.10 Å². The van der Waals surface area contributed by atoms with E-state index in [1.165, 1.54) is 23.9 Å². The molecule has 7 heteroatoms. The molecule has 0 aliphatic carbocycles. The summed E-state index contributed by atoms with van der Waals surface area (Å²) >= 11 is 1.31. The maximum Gasteiger partial charge on any atom is 0.343 e. The predicted molar refractivity (Wildman–Crippen MR) is 76.3 cm³/mol. The molecule has 0 saturated heterocycles. The maximum atomic E-state index is 13.3. The highest BCUT2D eigenvalue weighted by molar-refractivity contribution is 7.99. The van der Waals surface area contributed by atoms with Crippen molar-refractivity contribution in [2.24, 2.45) is 5.73 Å². The minimum atomic E-state index is -0.324. The molecule has 2 aromatic rings. The Bertz CT molecular complexity index is 650. The number of H-pyrrole nitrogens is 1. The van der Waals surface area contributed by atoms with Crippen molar-refractivity contribution in [1.82, 2.24) is 14.8 Å². The Balaban J connectivity index is 2.37. The number of benzene rings is 1. The molecule has 108 valence electrons. The molecule has 1 aromatic carbocycles. The molecule has 1 atom stereocenters. The fraction of sp³-hybridized carbons (Fsp3) is 0.385. The van der Waals surface area contributed by atoms with Crippen LogP contribution in [0.5, 0.6) is 0 Å². The molecule has 0 saturated carbocycles. The Morgan fingerprint density at radius 3 is 2.95 bits per heavy atom. The number of nitrogens with zero attached hydrogens (tertiary/aromatic N) is 2. The summed E-state index contributed by atoms with van der Waals surface area (Å²) in [5.41, 5.74) is 6.33. The average Bonchev–Trinajstić information content (AvgIpc) is 2.74. The van der Waals surface area contributed by atoms with Crippen LogP contribution in [0, 0.1) is 5.82 Å². The number of hydrogen-bond donors (Lipinski definition) is 2. The molecule has 0 fully saturated rings. The van der Waals surface area contributed by atoms with Gasteiger partial charge < -0.3 is 5.73 Å². The van der Waals surface area contributed by atoms with Gasteiger partial charge in [0.15, 0.2) is 5.16 Å². The van der Waals surface area contributed by atoms with Gasteiger partial charge in [0, 0.05) is 17.5 Å². The zero-order valence-corrected chi connectivity index (χ0v) is 12.2. The van der Waals surface area contributed by atoms with Crippen LogP contribution in [0.4, 0.5) is 4.39 Å². The Hall–Kier alpha value is -1.60. The Morgan fingerprint density at radius 2 is 2.30 bits per heavy atom. The number of rotatable bonds is 5. The number of aromatic nitrogens is 3. The smallest absolute Gasteiger partial charge is 0.324 e. The lowest BCUT2D eigenvalue weighted by molar-refractivity contribution is 0.603. The highest BCUT2D eigenvalue weighted by Gasteiger charge is 2.14. The molecule has 0 radical (unpaired) electrons. The minimum Gasteiger partial charge on any atom is -0.324 e. The molecule has 0 spiro atoms. The van der Waals surface area contributed by atoms with Crippen molar-refractivity contribution < 1.29 is 4.39 Å². The average molecular weight is 296 g/mol. The zero-order chi connectivity index (χ0) is 14.7. The second-order valence-corrected chi connectivity index (χ2v) is 5.54. The lowest BCUT2D eigenvalue weighted by atomic mass is 10.1. The number of nitrogens with two attached hydrogens (primary N) is 1. The van der Waals surface area contributed by atoms with Crippen LogP contribution in [0.1, 0.15) is 31.9 Å². The molecule has 20 heavy (non-hydrogen) atoms. The zero-order valence-electron chi connectivity index (χ0n) is 11.4. The number of hydrogen-bond acceptors (Lipinski definition) is 4. The van der Waals surface area contributed by atoms with E-state index in [1.54, 1.807) is 17.6 Å². The van der Waals surface area contributed by atoms with E-state index in [4.69, 9.17) is 5.73 Å². The quantitative estimate of drug-likeness (QED) is 0.887. The number of aromatic amines is 1. The Morgan fingerprint density at radius 1 is 1.55 bits per heavy atom. The topological polar surface area (TPSA) is 76.7 Å². The van der Waals surface area contributed by atoms with Crippen LogP contribution in [0.2, 0.25) is 0 Å². The normalized spacial score (nSPS) is 12.6. The van der Waals surface area contributed by atoms with Crippen molar-refractivity contribution >= 4 is 11.8 Å². The van der Waals surface area contributed by atoms with Gasteiger partial charge in [0.2, 0.25) is 0 Å². The van der Waals surface area contributed by atoms with Gasteiger partial charge in [-0.25, -0.2) is 14.3 Å². The van der Waals surface area contributed by atoms with Gasteiger partial charge in [0.1, 0.15) is 5.82 Å². The molecular weight excluding hydrogens is 279 g/mol. The van der Waals surface area contributed by atoms with Crippen molar-refractivity contribution in [2.75, 3.05) is 0 Å². The van der Waals surface area contributed by atoms with Crippen molar-refractivity contribution in [3.63, 3.8) is 0 Å². The SMILES string of the molecule is CCCn1c(Sc2ccc(F)cc2[C@H](C)N)n[nH]c1=O. The summed E-state index contributed by atoms with van der Waals surface area (Å²) in [6.45, 7) is 4.37. The molecule has 1 aromatic heterocycles. The molecule has 0 unspecified atom stereocenters. The summed E-state index contributed by atoms with van der Waals surface area (Å²) in [4.78, 5) is 12.4. The summed E-state index contributed by atoms with van der Waals surface area (Å²) < 4.78 is 14.9. The molecule has 0 aliphatic heterocycles. The van der Waals surface area contributed by atoms with Crippen LogP contribution in [0.25, 0.3) is 0 Å². The van der Waals surface area contributed by atoms with Crippen molar-refractivity contribution in [3.05, 3.63) is 40.1 Å². The largest absolute Gasteiger partial charge is 0.343 e. The van der Waals surface area contributed by atoms with Crippen LogP contribution in [-0.2, 0) is 6.54 Å². The highest BCUT2D eigenvalue weighted by atomic mass is 32.2. The van der Waals surface area contributed by atoms with Crippen molar-refractivity contribution in [2.45, 2.75) is 42.9 Å². The van der Waals surface area contributed by atoms with Gasteiger partial charge in [-0.1, -0.05) is 6.92 Å². The predicted octanol–water partition coefficient (Wildman–Crippen LogP) is 2.29. The third-order valence-electron chi connectivity index (χ3n) is 2.83. The monoisotopic (exact) mass is 296 g/mol. The molecule has 1 heterocycles. The van der Waals surface area contributed by atoms with Gasteiger partial charge >= 0.3 is 5.69 Å². The molecule has 2 rings (SSSR count). The first-order valence-electron chi connectivity index (χ1n) is 6.41. The Kier molecular flexibility index (Phi) is 4.61. The van der Waals surface area contributed by atoms with Crippen molar-refractivity contribution in [1.29, 1.82) is 0 Å². The molecule has 0 amide bonds. The summed E-state index contributed by atoms with van der Waals surface area (Å²) in [7, 11) is 0. The van der Waals surface area contributed by atoms with Gasteiger partial charge in [-0.2, -0.15) is 0 Å². The highest BCUT2D eigenvalue weighted by Crippen LogP contribution is 2.31. The third-order valence-corrected chi connectivity index (χ3v) is 3.92. The third kappa shape index (κ3) is 3.10. The van der Waals surface area contributed by atoms with Crippen LogP contribution >= 0.6 is 11.8 Å². The second kappa shape index (κ2) is 6.23. The van der Waals surface area contributed by atoms with Crippen LogP contribution in [-0.4, -0.2) is 14.8 Å². The summed E-state index contributed by atoms with van der Waals surface area (Å²) in [5.74, 6) is -0.324. The van der Waals surface area contributed by atoms with E-state index in [0.717, 1.165) is 11.3 Å². The molecule has 3 N–H and O–H groups in total. The van der Waals surface area contributed by atoms with E-state index < -0.39 is 0 Å². The number of halogens is 1. The summed E-state index contributed by atoms with van der Waals surface area (Å²) in [6, 6.07) is 4.16. The van der Waals surface area contributed by atoms with Gasteiger partial charge in [-0.05, 0) is 48.9 Å². The first-order valence-corrected chi connectivity index (χ1v) is 7.22. The molecular formula is C13H17FN4OS. The van der Waals surface area contributed by atoms with Crippen molar-refractivity contribution in [3.8, 4) is 0 Å². The van der Waals surface area contributed by atoms with Crippen LogP contribution in [0.3, 0.4) is 0 Å². The second-order valence-electron chi connectivity index (χ2n) is 4.54. The van der Waals surface area contributed by atoms with Crippen LogP contribution in [0.15, 0.2) is 33.0 Å². The van der Waals surface area contributed by atoms with E-state index in [0.29, 0.717) is 17.3 Å². The lowest BCUT2D eigenvalue weighted by Crippen LogP contribution is -2.17. The standard InChI is InChI=1S/C13H17FN4OS/c1-3-6-18-12(19)16-17-13(18)20-11-5-4-9(14)7-10(11)8(2)15/h4-5,7-8H,3,6,15H2,1-2H3,(H,16,19)/t8-/m0/s1. The fourth-order valence-electron chi connectivity index (χ4n) is 1.87. The van der Waals surface area contributed by atoms with Gasteiger partial charge in [0.25, 0.3) is 0 Å². The molecule has 0 bridgehead atoms. The lowest BCUT2D eigenvalue weighted by Gasteiger charge is -2.12. The number of nitrogens with one attached hydrogen (secondary N) is 1. The van der Waals surface area contributed by atoms with Gasteiger partial charge in [-0.3, -0.25) is 4.57 Å². The van der Waals surface area contributed by atoms with E-state index in [1.807, 2.05) is 6.92 Å². The van der Waals surface area contributed by atoms with Crippen LogP contribution < -0.4 is 11.4 Å². The first kappa shape index (κ1) is 14.8.